The Morgan fingerprint density at radius 3 is 2.41 bits per heavy atom. The minimum atomic E-state index is -1.66. The van der Waals surface area contributed by atoms with Crippen molar-refractivity contribution in [3.05, 3.63) is 82.4 Å². The van der Waals surface area contributed by atoms with Crippen molar-refractivity contribution < 1.29 is 18.0 Å². The van der Waals surface area contributed by atoms with Gasteiger partial charge in [0.25, 0.3) is 5.91 Å². The summed E-state index contributed by atoms with van der Waals surface area (Å²) in [6.07, 6.45) is 2.43. The van der Waals surface area contributed by atoms with Gasteiger partial charge in [-0.1, -0.05) is 29.8 Å². The van der Waals surface area contributed by atoms with Gasteiger partial charge in [-0.15, -0.1) is 0 Å². The van der Waals surface area contributed by atoms with Gasteiger partial charge in [-0.25, -0.2) is 23.1 Å². The summed E-state index contributed by atoms with van der Waals surface area (Å²) in [7, 11) is 0. The Bertz CT molecular complexity index is 983. The van der Waals surface area contributed by atoms with Crippen molar-refractivity contribution in [2.24, 2.45) is 0 Å². The number of hydrogen-bond acceptors (Lipinski definition) is 4. The highest BCUT2D eigenvalue weighted by Gasteiger charge is 2.16. The van der Waals surface area contributed by atoms with Crippen molar-refractivity contribution >= 4 is 29.1 Å². The molecule has 0 saturated carbocycles. The zero-order valence-corrected chi connectivity index (χ0v) is 14.4. The molecule has 1 aromatic heterocycles. The molecule has 0 aliphatic heterocycles. The van der Waals surface area contributed by atoms with Gasteiger partial charge in [0.2, 0.25) is 5.95 Å². The quantitative estimate of drug-likeness (QED) is 0.631. The van der Waals surface area contributed by atoms with Crippen LogP contribution in [0.4, 0.5) is 24.8 Å². The van der Waals surface area contributed by atoms with Crippen LogP contribution >= 0.6 is 11.6 Å². The van der Waals surface area contributed by atoms with E-state index in [-0.39, 0.29) is 11.5 Å². The van der Waals surface area contributed by atoms with Crippen molar-refractivity contribution in [2.75, 3.05) is 10.6 Å². The highest BCUT2D eigenvalue weighted by Crippen LogP contribution is 2.20. The summed E-state index contributed by atoms with van der Waals surface area (Å²) in [6.45, 7) is 0.380. The largest absolute Gasteiger partial charge is 0.350 e. The molecule has 0 bridgehead atoms. The summed E-state index contributed by atoms with van der Waals surface area (Å²) in [5.74, 6) is -5.00. The smallest absolute Gasteiger partial charge is 0.258 e. The number of halogens is 4. The van der Waals surface area contributed by atoms with Gasteiger partial charge in [0.1, 0.15) is 0 Å². The van der Waals surface area contributed by atoms with E-state index in [1.165, 1.54) is 12.4 Å². The molecule has 2 aromatic carbocycles. The number of hydrogen-bond donors (Lipinski definition) is 2. The molecule has 1 heterocycles. The van der Waals surface area contributed by atoms with Gasteiger partial charge in [0.15, 0.2) is 17.5 Å². The second-order valence-corrected chi connectivity index (χ2v) is 5.82. The van der Waals surface area contributed by atoms with E-state index in [1.54, 1.807) is 6.07 Å². The van der Waals surface area contributed by atoms with Gasteiger partial charge in [-0.05, 0) is 23.8 Å². The van der Waals surface area contributed by atoms with Crippen molar-refractivity contribution in [3.8, 4) is 0 Å². The van der Waals surface area contributed by atoms with Crippen molar-refractivity contribution in [1.82, 2.24) is 9.97 Å². The maximum absolute atomic E-state index is 13.6. The summed E-state index contributed by atoms with van der Waals surface area (Å²) < 4.78 is 39.7. The molecule has 0 radical (unpaired) electrons. The molecule has 3 aromatic rings. The zero-order valence-electron chi connectivity index (χ0n) is 13.6. The SMILES string of the molecule is O=C(Nc1ccc(F)c(F)c1F)c1cnc(NCc2ccccc2Cl)nc1. The lowest BCUT2D eigenvalue weighted by molar-refractivity contribution is 0.102. The summed E-state index contributed by atoms with van der Waals surface area (Å²) >= 11 is 6.05. The molecule has 138 valence electrons. The Balaban J connectivity index is 1.65. The van der Waals surface area contributed by atoms with E-state index < -0.39 is 29.0 Å². The van der Waals surface area contributed by atoms with Gasteiger partial charge in [-0.2, -0.15) is 0 Å². The van der Waals surface area contributed by atoms with Crippen LogP contribution in [-0.2, 0) is 6.54 Å². The van der Waals surface area contributed by atoms with E-state index in [9.17, 15) is 18.0 Å². The predicted molar refractivity (Wildman–Crippen MR) is 95.1 cm³/mol. The maximum atomic E-state index is 13.6. The number of aromatic nitrogens is 2. The van der Waals surface area contributed by atoms with Gasteiger partial charge in [0.05, 0.1) is 11.3 Å². The number of nitrogens with zero attached hydrogens (tertiary/aromatic N) is 2. The third kappa shape index (κ3) is 4.35. The first-order valence-corrected chi connectivity index (χ1v) is 8.07. The minimum absolute atomic E-state index is 0.0161. The molecule has 0 atom stereocenters. The van der Waals surface area contributed by atoms with Gasteiger partial charge in [-0.3, -0.25) is 4.79 Å². The molecule has 27 heavy (non-hydrogen) atoms. The van der Waals surface area contributed by atoms with Crippen LogP contribution in [-0.4, -0.2) is 15.9 Å². The summed E-state index contributed by atoms with van der Waals surface area (Å²) in [5.41, 5.74) is 0.376. The van der Waals surface area contributed by atoms with E-state index in [0.29, 0.717) is 17.6 Å². The van der Waals surface area contributed by atoms with E-state index in [2.05, 4.69) is 20.6 Å². The van der Waals surface area contributed by atoms with Crippen LogP contribution in [0.3, 0.4) is 0 Å². The fourth-order valence-electron chi connectivity index (χ4n) is 2.17. The second-order valence-electron chi connectivity index (χ2n) is 5.42. The molecular formula is C18H12ClF3N4O. The molecule has 3 rings (SSSR count). The average Bonchev–Trinajstić information content (AvgIpc) is 2.68. The van der Waals surface area contributed by atoms with Crippen LogP contribution in [0.5, 0.6) is 0 Å². The zero-order chi connectivity index (χ0) is 19.4. The fraction of sp³-hybridized carbons (Fsp3) is 0.0556. The molecule has 0 spiro atoms. The third-order valence-corrected chi connectivity index (χ3v) is 3.96. The van der Waals surface area contributed by atoms with Crippen LogP contribution in [0.2, 0.25) is 5.02 Å². The Hall–Kier alpha value is -3.13. The lowest BCUT2D eigenvalue weighted by atomic mass is 10.2. The van der Waals surface area contributed by atoms with Crippen LogP contribution in [0.25, 0.3) is 0 Å². The first-order valence-electron chi connectivity index (χ1n) is 7.70. The van der Waals surface area contributed by atoms with E-state index in [0.717, 1.165) is 11.6 Å². The lowest BCUT2D eigenvalue weighted by Crippen LogP contribution is -2.15. The van der Waals surface area contributed by atoms with Gasteiger partial charge >= 0.3 is 0 Å². The van der Waals surface area contributed by atoms with Crippen LogP contribution in [0, 0.1) is 17.5 Å². The van der Waals surface area contributed by atoms with Crippen LogP contribution in [0.1, 0.15) is 15.9 Å². The lowest BCUT2D eigenvalue weighted by Gasteiger charge is -2.08. The topological polar surface area (TPSA) is 66.9 Å². The predicted octanol–water partition coefficient (Wildman–Crippen LogP) is 4.41. The van der Waals surface area contributed by atoms with Crippen LogP contribution in [0.15, 0.2) is 48.8 Å². The third-order valence-electron chi connectivity index (χ3n) is 3.59. The standard InChI is InChI=1S/C18H12ClF3N4O/c19-12-4-2-1-3-10(12)7-23-18-24-8-11(9-25-18)17(27)26-14-6-5-13(20)15(21)16(14)22/h1-6,8-9H,7H2,(H,26,27)(H,23,24,25). The number of carbonyl (C=O) groups is 1. The maximum Gasteiger partial charge on any atom is 0.258 e. The Morgan fingerprint density at radius 2 is 1.70 bits per heavy atom. The molecule has 1 amide bonds. The summed E-state index contributed by atoms with van der Waals surface area (Å²) in [6, 6.07) is 8.89. The number of amides is 1. The number of nitrogens with one attached hydrogen (secondary N) is 2. The summed E-state index contributed by atoms with van der Waals surface area (Å²) in [5, 5.41) is 5.68. The highest BCUT2D eigenvalue weighted by molar-refractivity contribution is 6.31. The molecule has 5 nitrogen and oxygen atoms in total. The van der Waals surface area contributed by atoms with E-state index in [1.807, 2.05) is 18.2 Å². The fourth-order valence-corrected chi connectivity index (χ4v) is 2.37. The molecule has 0 aliphatic carbocycles. The number of carbonyl (C=O) groups excluding carboxylic acids is 1. The van der Waals surface area contributed by atoms with Crippen molar-refractivity contribution in [1.29, 1.82) is 0 Å². The number of rotatable bonds is 5. The Morgan fingerprint density at radius 1 is 1.00 bits per heavy atom. The molecular weight excluding hydrogens is 381 g/mol. The van der Waals surface area contributed by atoms with E-state index in [4.69, 9.17) is 11.6 Å². The molecule has 0 fully saturated rings. The van der Waals surface area contributed by atoms with Gasteiger partial charge < -0.3 is 10.6 Å². The average molecular weight is 393 g/mol. The normalized spacial score (nSPS) is 10.5. The van der Waals surface area contributed by atoms with Crippen molar-refractivity contribution in [2.45, 2.75) is 6.54 Å². The minimum Gasteiger partial charge on any atom is -0.350 e. The first kappa shape index (κ1) is 18.7. The molecule has 0 saturated heterocycles. The second kappa shape index (κ2) is 8.05. The van der Waals surface area contributed by atoms with E-state index >= 15 is 0 Å². The monoisotopic (exact) mass is 392 g/mol. The summed E-state index contributed by atoms with van der Waals surface area (Å²) in [4.78, 5) is 20.1. The molecule has 0 unspecified atom stereocenters. The molecule has 0 aliphatic rings. The molecule has 9 heteroatoms. The number of benzene rings is 2. The Labute approximate surface area is 157 Å². The highest BCUT2D eigenvalue weighted by atomic mass is 35.5. The Kier molecular flexibility index (Phi) is 5.56. The number of anilines is 2. The molecule has 2 N–H and O–H groups in total. The first-order chi connectivity index (χ1) is 13.0. The van der Waals surface area contributed by atoms with Crippen molar-refractivity contribution in [3.63, 3.8) is 0 Å². The van der Waals surface area contributed by atoms with Crippen LogP contribution < -0.4 is 10.6 Å². The van der Waals surface area contributed by atoms with Gasteiger partial charge in [0, 0.05) is 24.0 Å².